The van der Waals surface area contributed by atoms with E-state index in [1.165, 1.54) is 11.3 Å². The Morgan fingerprint density at radius 1 is 1.47 bits per heavy atom. The summed E-state index contributed by atoms with van der Waals surface area (Å²) in [6.45, 7) is 5.39. The third kappa shape index (κ3) is 3.48. The molecule has 102 valence electrons. The summed E-state index contributed by atoms with van der Waals surface area (Å²) in [7, 11) is 0. The average molecular weight is 300 g/mol. The van der Waals surface area contributed by atoms with Crippen LogP contribution in [0.15, 0.2) is 12.1 Å². The van der Waals surface area contributed by atoms with E-state index < -0.39 is 11.7 Å². The van der Waals surface area contributed by atoms with Gasteiger partial charge in [-0.1, -0.05) is 22.9 Å². The maximum Gasteiger partial charge on any atom is 0.413 e. The van der Waals surface area contributed by atoms with Gasteiger partial charge >= 0.3 is 6.09 Å². The maximum atomic E-state index is 11.6. The molecule has 0 aliphatic heterocycles. The minimum atomic E-state index is -0.547. The second-order valence-corrected chi connectivity index (χ2v) is 6.43. The number of benzene rings is 1. The van der Waals surface area contributed by atoms with Gasteiger partial charge in [0.15, 0.2) is 5.13 Å². The summed E-state index contributed by atoms with van der Waals surface area (Å²) in [5.74, 6) is 0. The predicted octanol–water partition coefficient (Wildman–Crippen LogP) is 3.88. The molecule has 1 amide bonds. The summed E-state index contributed by atoms with van der Waals surface area (Å²) in [4.78, 5) is 15.9. The third-order valence-electron chi connectivity index (χ3n) is 2.11. The Morgan fingerprint density at radius 2 is 2.16 bits per heavy atom. The van der Waals surface area contributed by atoms with Gasteiger partial charge < -0.3 is 10.5 Å². The first-order valence-electron chi connectivity index (χ1n) is 5.60. The molecule has 19 heavy (non-hydrogen) atoms. The van der Waals surface area contributed by atoms with Crippen LogP contribution in [0.5, 0.6) is 0 Å². The summed E-state index contributed by atoms with van der Waals surface area (Å²) in [6.07, 6.45) is -0.536. The molecule has 0 bridgehead atoms. The number of nitrogen functional groups attached to an aromatic ring is 1. The molecular formula is C12H14ClN3O2S. The summed E-state index contributed by atoms with van der Waals surface area (Å²) >= 11 is 7.23. The predicted molar refractivity (Wildman–Crippen MR) is 78.9 cm³/mol. The highest BCUT2D eigenvalue weighted by Crippen LogP contribution is 2.31. The van der Waals surface area contributed by atoms with E-state index in [4.69, 9.17) is 22.1 Å². The van der Waals surface area contributed by atoms with Crippen LogP contribution in [0.2, 0.25) is 5.02 Å². The highest BCUT2D eigenvalue weighted by molar-refractivity contribution is 7.22. The maximum absolute atomic E-state index is 11.6. The fourth-order valence-corrected chi connectivity index (χ4v) is 2.45. The molecule has 0 unspecified atom stereocenters. The van der Waals surface area contributed by atoms with E-state index in [2.05, 4.69) is 10.3 Å². The van der Waals surface area contributed by atoms with Gasteiger partial charge in [-0.05, 0) is 32.9 Å². The van der Waals surface area contributed by atoms with Gasteiger partial charge in [-0.25, -0.2) is 9.78 Å². The molecule has 2 aromatic rings. The van der Waals surface area contributed by atoms with E-state index in [9.17, 15) is 4.79 Å². The summed E-state index contributed by atoms with van der Waals surface area (Å²) < 4.78 is 6.01. The number of aromatic nitrogens is 1. The number of halogens is 1. The van der Waals surface area contributed by atoms with E-state index in [1.807, 2.05) is 0 Å². The lowest BCUT2D eigenvalue weighted by molar-refractivity contribution is 0.0636. The molecule has 2 rings (SSSR count). The molecule has 3 N–H and O–H groups in total. The molecule has 1 aromatic heterocycles. The van der Waals surface area contributed by atoms with Crippen molar-refractivity contribution in [2.24, 2.45) is 0 Å². The molecule has 5 nitrogen and oxygen atoms in total. The van der Waals surface area contributed by atoms with Crippen LogP contribution in [-0.4, -0.2) is 16.7 Å². The molecule has 0 aliphatic carbocycles. The minimum absolute atomic E-state index is 0.446. The van der Waals surface area contributed by atoms with E-state index >= 15 is 0 Å². The average Bonchev–Trinajstić information content (AvgIpc) is 2.56. The summed E-state index contributed by atoms with van der Waals surface area (Å²) in [5.41, 5.74) is 6.35. The first-order valence-corrected chi connectivity index (χ1v) is 6.79. The Bertz CT molecular complexity index is 595. The van der Waals surface area contributed by atoms with Crippen molar-refractivity contribution in [1.29, 1.82) is 0 Å². The number of amides is 1. The Balaban J connectivity index is 2.20. The van der Waals surface area contributed by atoms with Crippen LogP contribution in [-0.2, 0) is 4.74 Å². The lowest BCUT2D eigenvalue weighted by Gasteiger charge is -2.18. The normalized spacial score (nSPS) is 11.6. The Kier molecular flexibility index (Phi) is 3.56. The molecule has 0 spiro atoms. The highest BCUT2D eigenvalue weighted by Gasteiger charge is 2.17. The lowest BCUT2D eigenvalue weighted by Crippen LogP contribution is -2.27. The molecule has 1 heterocycles. The van der Waals surface area contributed by atoms with Crippen molar-refractivity contribution in [3.63, 3.8) is 0 Å². The minimum Gasteiger partial charge on any atom is -0.444 e. The number of fused-ring (bicyclic) bond motifs is 1. The number of carbonyl (C=O) groups excluding carboxylic acids is 1. The number of anilines is 2. The molecular weight excluding hydrogens is 286 g/mol. The summed E-state index contributed by atoms with van der Waals surface area (Å²) in [6, 6.07) is 3.40. The van der Waals surface area contributed by atoms with Gasteiger partial charge in [0.2, 0.25) is 0 Å². The number of nitrogens with two attached hydrogens (primary N) is 1. The van der Waals surface area contributed by atoms with E-state index in [1.54, 1.807) is 32.9 Å². The topological polar surface area (TPSA) is 77.2 Å². The molecule has 0 saturated heterocycles. The molecule has 0 aliphatic rings. The second kappa shape index (κ2) is 4.86. The Hall–Kier alpha value is -1.53. The van der Waals surface area contributed by atoms with Crippen molar-refractivity contribution in [3.8, 4) is 0 Å². The van der Waals surface area contributed by atoms with Gasteiger partial charge in [0.1, 0.15) is 5.60 Å². The van der Waals surface area contributed by atoms with Crippen LogP contribution in [0.3, 0.4) is 0 Å². The monoisotopic (exact) mass is 299 g/mol. The SMILES string of the molecule is CC(C)(C)OC(=O)Nc1nc2cc(Cl)c(N)cc2s1. The van der Waals surface area contributed by atoms with Crippen LogP contribution in [0, 0.1) is 0 Å². The van der Waals surface area contributed by atoms with Crippen LogP contribution < -0.4 is 11.1 Å². The number of rotatable bonds is 1. The number of hydrogen-bond donors (Lipinski definition) is 2. The zero-order chi connectivity index (χ0) is 14.2. The number of thiazole rings is 1. The van der Waals surface area contributed by atoms with Crippen molar-refractivity contribution in [2.75, 3.05) is 11.1 Å². The largest absolute Gasteiger partial charge is 0.444 e. The molecule has 0 radical (unpaired) electrons. The summed E-state index contributed by atoms with van der Waals surface area (Å²) in [5, 5.41) is 3.49. The van der Waals surface area contributed by atoms with E-state index in [0.29, 0.717) is 21.4 Å². The van der Waals surface area contributed by atoms with Gasteiger partial charge in [-0.3, -0.25) is 5.32 Å². The van der Waals surface area contributed by atoms with Gasteiger partial charge in [-0.15, -0.1) is 0 Å². The molecule has 0 saturated carbocycles. The van der Waals surface area contributed by atoms with Crippen LogP contribution in [0.25, 0.3) is 10.2 Å². The molecule has 0 atom stereocenters. The van der Waals surface area contributed by atoms with E-state index in [-0.39, 0.29) is 0 Å². The van der Waals surface area contributed by atoms with Crippen LogP contribution in [0.1, 0.15) is 20.8 Å². The molecule has 0 fully saturated rings. The van der Waals surface area contributed by atoms with Crippen molar-refractivity contribution in [1.82, 2.24) is 4.98 Å². The molecule has 7 heteroatoms. The quantitative estimate of drug-likeness (QED) is 0.783. The van der Waals surface area contributed by atoms with Crippen molar-refractivity contribution in [3.05, 3.63) is 17.2 Å². The zero-order valence-corrected chi connectivity index (χ0v) is 12.4. The highest BCUT2D eigenvalue weighted by atomic mass is 35.5. The lowest BCUT2D eigenvalue weighted by atomic mass is 10.2. The smallest absolute Gasteiger partial charge is 0.413 e. The van der Waals surface area contributed by atoms with Gasteiger partial charge in [-0.2, -0.15) is 0 Å². The van der Waals surface area contributed by atoms with Crippen molar-refractivity contribution < 1.29 is 9.53 Å². The van der Waals surface area contributed by atoms with Crippen molar-refractivity contribution in [2.45, 2.75) is 26.4 Å². The third-order valence-corrected chi connectivity index (χ3v) is 3.38. The van der Waals surface area contributed by atoms with E-state index in [0.717, 1.165) is 4.70 Å². The Morgan fingerprint density at radius 3 is 2.79 bits per heavy atom. The van der Waals surface area contributed by atoms with Gasteiger partial charge in [0.25, 0.3) is 0 Å². The molecule has 1 aromatic carbocycles. The number of hydrogen-bond acceptors (Lipinski definition) is 5. The van der Waals surface area contributed by atoms with Gasteiger partial charge in [0.05, 0.1) is 20.9 Å². The second-order valence-electron chi connectivity index (χ2n) is 4.99. The number of carbonyl (C=O) groups is 1. The van der Waals surface area contributed by atoms with Crippen LogP contribution in [0.4, 0.5) is 15.6 Å². The Labute approximate surface area is 119 Å². The fourth-order valence-electron chi connectivity index (χ4n) is 1.41. The first-order chi connectivity index (χ1) is 8.74. The fraction of sp³-hybridized carbons (Fsp3) is 0.333. The van der Waals surface area contributed by atoms with Gasteiger partial charge in [0, 0.05) is 0 Å². The first kappa shape index (κ1) is 13.9. The standard InChI is InChI=1S/C12H14ClN3O2S/c1-12(2,3)18-11(17)16-10-15-8-4-6(13)7(14)5-9(8)19-10/h4-5H,14H2,1-3H3,(H,15,16,17). The zero-order valence-electron chi connectivity index (χ0n) is 10.8. The van der Waals surface area contributed by atoms with Crippen molar-refractivity contribution >= 4 is 50.1 Å². The number of nitrogens with zero attached hydrogens (tertiary/aromatic N) is 1. The number of nitrogens with one attached hydrogen (secondary N) is 1. The van der Waals surface area contributed by atoms with Crippen LogP contribution >= 0.6 is 22.9 Å². The number of ether oxygens (including phenoxy) is 1.